The molecule has 124 valence electrons. The molecule has 2 aliphatic heterocycles. The Morgan fingerprint density at radius 3 is 2.61 bits per heavy atom. The van der Waals surface area contributed by atoms with Crippen LogP contribution in [0.2, 0.25) is 0 Å². The van der Waals surface area contributed by atoms with Gasteiger partial charge in [0.05, 0.1) is 6.61 Å². The molecule has 2 heterocycles. The van der Waals surface area contributed by atoms with Gasteiger partial charge in [0, 0.05) is 37.4 Å². The summed E-state index contributed by atoms with van der Waals surface area (Å²) in [5.74, 6) is 1.02. The summed E-state index contributed by atoms with van der Waals surface area (Å²) in [6.07, 6.45) is 7.36. The number of para-hydroxylation sites is 1. The molecule has 3 aliphatic rings. The first-order valence-corrected chi connectivity index (χ1v) is 8.95. The number of carbonyl (C=O) groups is 1. The van der Waals surface area contributed by atoms with E-state index >= 15 is 0 Å². The second-order valence-corrected chi connectivity index (χ2v) is 7.07. The van der Waals surface area contributed by atoms with E-state index in [0.29, 0.717) is 12.5 Å². The van der Waals surface area contributed by atoms with Crippen molar-refractivity contribution in [3.63, 3.8) is 0 Å². The zero-order chi connectivity index (χ0) is 15.7. The number of amides is 1. The molecule has 0 unspecified atom stereocenters. The molecule has 4 nitrogen and oxygen atoms in total. The van der Waals surface area contributed by atoms with Crippen LogP contribution in [0.4, 0.5) is 0 Å². The van der Waals surface area contributed by atoms with E-state index in [0.717, 1.165) is 50.1 Å². The summed E-state index contributed by atoms with van der Waals surface area (Å²) in [5, 5.41) is 0. The largest absolute Gasteiger partial charge is 0.462 e. The van der Waals surface area contributed by atoms with Crippen LogP contribution in [-0.4, -0.2) is 29.7 Å². The number of ether oxygens (including phenoxy) is 2. The van der Waals surface area contributed by atoms with Crippen molar-refractivity contribution in [3.8, 4) is 5.75 Å². The maximum atomic E-state index is 12.7. The zero-order valence-electron chi connectivity index (χ0n) is 13.6. The lowest BCUT2D eigenvalue weighted by atomic mass is 9.87. The minimum Gasteiger partial charge on any atom is -0.462 e. The van der Waals surface area contributed by atoms with Crippen molar-refractivity contribution in [1.29, 1.82) is 0 Å². The van der Waals surface area contributed by atoms with Crippen molar-refractivity contribution in [2.45, 2.75) is 57.3 Å². The van der Waals surface area contributed by atoms with Crippen LogP contribution in [0.3, 0.4) is 0 Å². The molecule has 1 saturated heterocycles. The SMILES string of the molecule is O=C(C1CCCCC1)N1CCC2(CC1)OCc1ccccc1O2. The van der Waals surface area contributed by atoms with E-state index in [1.54, 1.807) is 0 Å². The molecule has 4 rings (SSSR count). The van der Waals surface area contributed by atoms with Gasteiger partial charge in [0.25, 0.3) is 0 Å². The third-order valence-corrected chi connectivity index (χ3v) is 5.55. The monoisotopic (exact) mass is 315 g/mol. The Balaban J connectivity index is 1.38. The molecular formula is C19H25NO3. The van der Waals surface area contributed by atoms with Crippen molar-refractivity contribution in [2.75, 3.05) is 13.1 Å². The predicted molar refractivity (Wildman–Crippen MR) is 87.0 cm³/mol. The van der Waals surface area contributed by atoms with Gasteiger partial charge < -0.3 is 14.4 Å². The van der Waals surface area contributed by atoms with Gasteiger partial charge in [0.1, 0.15) is 5.75 Å². The minimum absolute atomic E-state index is 0.256. The van der Waals surface area contributed by atoms with E-state index in [1.807, 2.05) is 29.2 Å². The molecule has 1 amide bonds. The molecule has 0 aromatic heterocycles. The molecule has 0 radical (unpaired) electrons. The van der Waals surface area contributed by atoms with E-state index in [-0.39, 0.29) is 5.92 Å². The standard InChI is InChI=1S/C19H25NO3/c21-18(15-6-2-1-3-7-15)20-12-10-19(11-13-20)22-14-16-8-4-5-9-17(16)23-19/h4-5,8-9,15H,1-3,6-7,10-14H2. The van der Waals surface area contributed by atoms with E-state index in [2.05, 4.69) is 0 Å². The third kappa shape index (κ3) is 2.97. The molecular weight excluding hydrogens is 290 g/mol. The first-order chi connectivity index (χ1) is 11.3. The van der Waals surface area contributed by atoms with Crippen LogP contribution in [0.15, 0.2) is 24.3 Å². The summed E-state index contributed by atoms with van der Waals surface area (Å²) in [4.78, 5) is 14.7. The lowest BCUT2D eigenvalue weighted by Crippen LogP contribution is -2.53. The average molecular weight is 315 g/mol. The van der Waals surface area contributed by atoms with Gasteiger partial charge in [-0.3, -0.25) is 4.79 Å². The molecule has 2 fully saturated rings. The van der Waals surface area contributed by atoms with Gasteiger partial charge in [-0.2, -0.15) is 0 Å². The van der Waals surface area contributed by atoms with Crippen LogP contribution in [0.25, 0.3) is 0 Å². The van der Waals surface area contributed by atoms with Gasteiger partial charge in [-0.25, -0.2) is 0 Å². The van der Waals surface area contributed by atoms with Crippen molar-refractivity contribution >= 4 is 5.91 Å². The van der Waals surface area contributed by atoms with Gasteiger partial charge >= 0.3 is 0 Å². The predicted octanol–water partition coefficient (Wildman–Crippen LogP) is 3.49. The summed E-state index contributed by atoms with van der Waals surface area (Å²) in [6.45, 7) is 2.10. The second kappa shape index (κ2) is 6.16. The molecule has 4 heteroatoms. The van der Waals surface area contributed by atoms with Crippen molar-refractivity contribution < 1.29 is 14.3 Å². The van der Waals surface area contributed by atoms with Crippen LogP contribution in [-0.2, 0) is 16.1 Å². The van der Waals surface area contributed by atoms with Crippen LogP contribution in [0, 0.1) is 5.92 Å². The number of fused-ring (bicyclic) bond motifs is 1. The summed E-state index contributed by atoms with van der Waals surface area (Å²) < 4.78 is 12.2. The smallest absolute Gasteiger partial charge is 0.225 e. The van der Waals surface area contributed by atoms with E-state index in [9.17, 15) is 4.79 Å². The van der Waals surface area contributed by atoms with Crippen molar-refractivity contribution in [3.05, 3.63) is 29.8 Å². The number of piperidine rings is 1. The first kappa shape index (κ1) is 15.0. The summed E-state index contributed by atoms with van der Waals surface area (Å²) in [6, 6.07) is 8.07. The highest BCUT2D eigenvalue weighted by molar-refractivity contribution is 5.79. The molecule has 1 saturated carbocycles. The summed E-state index contributed by atoms with van der Waals surface area (Å²) in [7, 11) is 0. The van der Waals surface area contributed by atoms with Crippen molar-refractivity contribution in [1.82, 2.24) is 4.90 Å². The molecule has 1 aromatic carbocycles. The Bertz CT molecular complexity index is 572. The fraction of sp³-hybridized carbons (Fsp3) is 0.632. The number of likely N-dealkylation sites (tertiary alicyclic amines) is 1. The molecule has 0 N–H and O–H groups in total. The molecule has 1 spiro atoms. The number of carbonyl (C=O) groups excluding carboxylic acids is 1. The molecule has 1 aromatic rings. The normalized spacial score (nSPS) is 24.1. The van der Waals surface area contributed by atoms with Gasteiger partial charge in [0.2, 0.25) is 11.7 Å². The highest BCUT2D eigenvalue weighted by Gasteiger charge is 2.42. The fourth-order valence-electron chi connectivity index (χ4n) is 4.08. The summed E-state index contributed by atoms with van der Waals surface area (Å²) in [5.41, 5.74) is 1.11. The lowest BCUT2D eigenvalue weighted by Gasteiger charge is -2.44. The Morgan fingerprint density at radius 2 is 1.83 bits per heavy atom. The second-order valence-electron chi connectivity index (χ2n) is 7.07. The Kier molecular flexibility index (Phi) is 4.02. The fourth-order valence-corrected chi connectivity index (χ4v) is 4.08. The lowest BCUT2D eigenvalue weighted by molar-refractivity contribution is -0.228. The highest BCUT2D eigenvalue weighted by atomic mass is 16.7. The van der Waals surface area contributed by atoms with Crippen LogP contribution in [0.1, 0.15) is 50.5 Å². The Labute approximate surface area is 137 Å². The number of rotatable bonds is 1. The average Bonchev–Trinajstić information content (AvgIpc) is 2.62. The maximum absolute atomic E-state index is 12.7. The van der Waals surface area contributed by atoms with Crippen LogP contribution >= 0.6 is 0 Å². The van der Waals surface area contributed by atoms with E-state index in [4.69, 9.17) is 9.47 Å². The van der Waals surface area contributed by atoms with Gasteiger partial charge in [-0.15, -0.1) is 0 Å². The Hall–Kier alpha value is -1.55. The topological polar surface area (TPSA) is 38.8 Å². The molecule has 0 bridgehead atoms. The Morgan fingerprint density at radius 1 is 1.09 bits per heavy atom. The molecule has 1 aliphatic carbocycles. The number of hydrogen-bond acceptors (Lipinski definition) is 3. The molecule has 23 heavy (non-hydrogen) atoms. The van der Waals surface area contributed by atoms with E-state index < -0.39 is 5.79 Å². The van der Waals surface area contributed by atoms with Crippen molar-refractivity contribution in [2.24, 2.45) is 5.92 Å². The van der Waals surface area contributed by atoms with Gasteiger partial charge in [-0.1, -0.05) is 37.5 Å². The zero-order valence-corrected chi connectivity index (χ0v) is 13.6. The summed E-state index contributed by atoms with van der Waals surface area (Å²) >= 11 is 0. The van der Waals surface area contributed by atoms with Crippen LogP contribution < -0.4 is 4.74 Å². The quantitative estimate of drug-likeness (QED) is 0.796. The highest BCUT2D eigenvalue weighted by Crippen LogP contribution is 2.38. The first-order valence-electron chi connectivity index (χ1n) is 8.95. The minimum atomic E-state index is -0.530. The molecule has 0 atom stereocenters. The van der Waals surface area contributed by atoms with Gasteiger partial charge in [0.15, 0.2) is 0 Å². The number of nitrogens with zero attached hydrogens (tertiary/aromatic N) is 1. The van der Waals surface area contributed by atoms with E-state index in [1.165, 1.54) is 19.3 Å². The number of hydrogen-bond donors (Lipinski definition) is 0. The van der Waals surface area contributed by atoms with Crippen LogP contribution in [0.5, 0.6) is 5.75 Å². The van der Waals surface area contributed by atoms with Gasteiger partial charge in [-0.05, 0) is 18.9 Å². The number of benzene rings is 1. The third-order valence-electron chi connectivity index (χ3n) is 5.55. The maximum Gasteiger partial charge on any atom is 0.225 e.